The lowest BCUT2D eigenvalue weighted by Crippen LogP contribution is -2.28. The molecule has 5 nitrogen and oxygen atoms in total. The van der Waals surface area contributed by atoms with Crippen LogP contribution in [0, 0.1) is 0 Å². The molecule has 1 aromatic carbocycles. The number of nitrogens with zero attached hydrogens (tertiary/aromatic N) is 2. The van der Waals surface area contributed by atoms with Gasteiger partial charge in [-0.25, -0.2) is 4.98 Å². The zero-order valence-electron chi connectivity index (χ0n) is 15.7. The van der Waals surface area contributed by atoms with Crippen LogP contribution in [0.2, 0.25) is 0 Å². The third kappa shape index (κ3) is 5.11. The number of carbonyl (C=O) groups is 1. The standard InChI is InChI=1S/C20H18F3N3O2S/c1-12(2)13-3-5-14(6-4-13)16-11-29-19(24-16)25-17(27)10-26-9-15(20(21,22)23)7-8-18(26)28/h3-9,11-12H,10H2,1-2H3,(H,24,25,27). The van der Waals surface area contributed by atoms with Gasteiger partial charge in [0.25, 0.3) is 5.56 Å². The minimum absolute atomic E-state index is 0.304. The largest absolute Gasteiger partial charge is 0.417 e. The van der Waals surface area contributed by atoms with Crippen molar-refractivity contribution in [1.82, 2.24) is 9.55 Å². The number of carbonyl (C=O) groups excluding carboxylic acids is 1. The van der Waals surface area contributed by atoms with Gasteiger partial charge in [0, 0.05) is 23.2 Å². The van der Waals surface area contributed by atoms with Crippen LogP contribution < -0.4 is 10.9 Å². The zero-order valence-corrected chi connectivity index (χ0v) is 16.5. The molecule has 0 aliphatic carbocycles. The Hall–Kier alpha value is -2.94. The average molecular weight is 421 g/mol. The fourth-order valence-corrected chi connectivity index (χ4v) is 3.37. The lowest BCUT2D eigenvalue weighted by molar-refractivity contribution is -0.138. The summed E-state index contributed by atoms with van der Waals surface area (Å²) in [5.74, 6) is -0.226. The molecule has 0 saturated heterocycles. The number of anilines is 1. The Kier molecular flexibility index (Phi) is 5.88. The van der Waals surface area contributed by atoms with E-state index in [1.807, 2.05) is 24.3 Å². The van der Waals surface area contributed by atoms with Gasteiger partial charge in [-0.2, -0.15) is 13.2 Å². The van der Waals surface area contributed by atoms with Crippen LogP contribution >= 0.6 is 11.3 Å². The molecule has 0 fully saturated rings. The van der Waals surface area contributed by atoms with Gasteiger partial charge in [0.1, 0.15) is 6.54 Å². The number of halogens is 3. The van der Waals surface area contributed by atoms with Gasteiger partial charge in [0.05, 0.1) is 11.3 Å². The summed E-state index contributed by atoms with van der Waals surface area (Å²) >= 11 is 1.19. The van der Waals surface area contributed by atoms with Crippen molar-refractivity contribution in [3.8, 4) is 11.3 Å². The molecule has 1 amide bonds. The highest BCUT2D eigenvalue weighted by Gasteiger charge is 2.31. The van der Waals surface area contributed by atoms with E-state index >= 15 is 0 Å². The summed E-state index contributed by atoms with van der Waals surface area (Å²) in [5, 5.41) is 4.60. The van der Waals surface area contributed by atoms with Crippen LogP contribution in [0.3, 0.4) is 0 Å². The Labute approximate surface area is 168 Å². The SMILES string of the molecule is CC(C)c1ccc(-c2csc(NC(=O)Cn3cc(C(F)(F)F)ccc3=O)n2)cc1. The number of benzene rings is 1. The molecule has 1 N–H and O–H groups in total. The summed E-state index contributed by atoms with van der Waals surface area (Å²) in [7, 11) is 0. The molecule has 2 aromatic heterocycles. The molecule has 9 heteroatoms. The number of rotatable bonds is 5. The minimum atomic E-state index is -4.60. The van der Waals surface area contributed by atoms with Crippen LogP contribution in [-0.4, -0.2) is 15.5 Å². The minimum Gasteiger partial charge on any atom is -0.305 e. The summed E-state index contributed by atoms with van der Waals surface area (Å²) < 4.78 is 39.1. The number of amides is 1. The number of nitrogens with one attached hydrogen (secondary N) is 1. The topological polar surface area (TPSA) is 64.0 Å². The monoisotopic (exact) mass is 421 g/mol. The summed E-state index contributed by atoms with van der Waals surface area (Å²) in [5.41, 5.74) is 1.07. The van der Waals surface area contributed by atoms with E-state index in [-0.39, 0.29) is 0 Å². The lowest BCUT2D eigenvalue weighted by Gasteiger charge is -2.10. The molecule has 0 spiro atoms. The number of hydrogen-bond acceptors (Lipinski definition) is 4. The fraction of sp³-hybridized carbons (Fsp3) is 0.250. The van der Waals surface area contributed by atoms with Gasteiger partial charge in [-0.1, -0.05) is 38.1 Å². The Bertz CT molecular complexity index is 1070. The Morgan fingerprint density at radius 2 is 1.86 bits per heavy atom. The molecule has 0 saturated carbocycles. The second-order valence-electron chi connectivity index (χ2n) is 6.74. The molecule has 29 heavy (non-hydrogen) atoms. The average Bonchev–Trinajstić information content (AvgIpc) is 3.11. The van der Waals surface area contributed by atoms with Crippen LogP contribution in [0.15, 0.2) is 52.8 Å². The van der Waals surface area contributed by atoms with Crippen LogP contribution in [0.25, 0.3) is 11.3 Å². The highest BCUT2D eigenvalue weighted by atomic mass is 32.1. The third-order valence-corrected chi connectivity index (χ3v) is 5.01. The normalized spacial score (nSPS) is 11.7. The summed E-state index contributed by atoms with van der Waals surface area (Å²) in [4.78, 5) is 28.3. The van der Waals surface area contributed by atoms with E-state index in [1.54, 1.807) is 5.38 Å². The molecule has 0 aliphatic rings. The summed E-state index contributed by atoms with van der Waals surface area (Å²) in [6.07, 6.45) is -3.97. The maximum atomic E-state index is 12.8. The van der Waals surface area contributed by atoms with Crippen molar-refractivity contribution in [1.29, 1.82) is 0 Å². The molecule has 0 atom stereocenters. The molecule has 0 bridgehead atoms. The second kappa shape index (κ2) is 8.20. The van der Waals surface area contributed by atoms with Gasteiger partial charge >= 0.3 is 6.18 Å². The highest BCUT2D eigenvalue weighted by Crippen LogP contribution is 2.28. The highest BCUT2D eigenvalue weighted by molar-refractivity contribution is 7.14. The van der Waals surface area contributed by atoms with Gasteiger partial charge in [-0.05, 0) is 17.5 Å². The van der Waals surface area contributed by atoms with E-state index < -0.39 is 29.8 Å². The number of aromatic nitrogens is 2. The van der Waals surface area contributed by atoms with Gasteiger partial charge in [0.15, 0.2) is 5.13 Å². The molecule has 3 rings (SSSR count). The first-order valence-electron chi connectivity index (χ1n) is 8.77. The predicted octanol–water partition coefficient (Wildman–Crippen LogP) is 4.75. The third-order valence-electron chi connectivity index (χ3n) is 4.25. The van der Waals surface area contributed by atoms with Crippen molar-refractivity contribution in [2.45, 2.75) is 32.5 Å². The van der Waals surface area contributed by atoms with Crippen LogP contribution in [-0.2, 0) is 17.5 Å². The van der Waals surface area contributed by atoms with Gasteiger partial charge in [-0.3, -0.25) is 9.59 Å². The van der Waals surface area contributed by atoms with Crippen LogP contribution in [0.1, 0.15) is 30.9 Å². The van der Waals surface area contributed by atoms with Crippen molar-refractivity contribution < 1.29 is 18.0 Å². The molecule has 152 valence electrons. The van der Waals surface area contributed by atoms with E-state index in [0.29, 0.717) is 29.0 Å². The molecular weight excluding hydrogens is 403 g/mol. The van der Waals surface area contributed by atoms with Gasteiger partial charge in [-0.15, -0.1) is 11.3 Å². The first-order chi connectivity index (χ1) is 13.6. The number of pyridine rings is 1. The van der Waals surface area contributed by atoms with Crippen molar-refractivity contribution in [2.75, 3.05) is 5.32 Å². The Morgan fingerprint density at radius 3 is 2.48 bits per heavy atom. The van der Waals surface area contributed by atoms with Crippen molar-refractivity contribution in [3.63, 3.8) is 0 Å². The predicted molar refractivity (Wildman–Crippen MR) is 106 cm³/mol. The maximum Gasteiger partial charge on any atom is 0.417 e. The number of hydrogen-bond donors (Lipinski definition) is 1. The van der Waals surface area contributed by atoms with Gasteiger partial charge < -0.3 is 9.88 Å². The second-order valence-corrected chi connectivity index (χ2v) is 7.60. The van der Waals surface area contributed by atoms with Gasteiger partial charge in [0.2, 0.25) is 5.91 Å². The smallest absolute Gasteiger partial charge is 0.305 e. The quantitative estimate of drug-likeness (QED) is 0.647. The van der Waals surface area contributed by atoms with Crippen molar-refractivity contribution >= 4 is 22.4 Å². The Morgan fingerprint density at radius 1 is 1.17 bits per heavy atom. The van der Waals surface area contributed by atoms with E-state index in [4.69, 9.17) is 0 Å². The molecule has 0 aliphatic heterocycles. The summed E-state index contributed by atoms with van der Waals surface area (Å²) in [6, 6.07) is 9.39. The number of thiazole rings is 1. The van der Waals surface area contributed by atoms with E-state index in [2.05, 4.69) is 24.1 Å². The van der Waals surface area contributed by atoms with E-state index in [0.717, 1.165) is 16.2 Å². The van der Waals surface area contributed by atoms with E-state index in [1.165, 1.54) is 16.9 Å². The molecule has 2 heterocycles. The van der Waals surface area contributed by atoms with Crippen LogP contribution in [0.4, 0.5) is 18.3 Å². The fourth-order valence-electron chi connectivity index (χ4n) is 2.64. The summed E-state index contributed by atoms with van der Waals surface area (Å²) in [6.45, 7) is 3.66. The zero-order chi connectivity index (χ0) is 21.2. The maximum absolute atomic E-state index is 12.8. The molecule has 0 unspecified atom stereocenters. The number of alkyl halides is 3. The molecule has 3 aromatic rings. The first kappa shape index (κ1) is 20.8. The Balaban J connectivity index is 1.70. The molecule has 0 radical (unpaired) electrons. The molecular formula is C20H18F3N3O2S. The lowest BCUT2D eigenvalue weighted by atomic mass is 10.0. The van der Waals surface area contributed by atoms with Crippen molar-refractivity contribution in [3.05, 3.63) is 69.5 Å². The van der Waals surface area contributed by atoms with Crippen LogP contribution in [0.5, 0.6) is 0 Å². The van der Waals surface area contributed by atoms with E-state index in [9.17, 15) is 22.8 Å². The van der Waals surface area contributed by atoms with Crippen molar-refractivity contribution in [2.24, 2.45) is 0 Å². The first-order valence-corrected chi connectivity index (χ1v) is 9.65.